The van der Waals surface area contributed by atoms with Gasteiger partial charge in [-0.2, -0.15) is 0 Å². The molecule has 3 N–H and O–H groups in total. The van der Waals surface area contributed by atoms with E-state index in [1.807, 2.05) is 18.3 Å². The molecule has 1 aromatic carbocycles. The maximum atomic E-state index is 13.3. The normalized spacial score (nSPS) is 11.1. The summed E-state index contributed by atoms with van der Waals surface area (Å²) < 4.78 is 19.0. The zero-order valence-corrected chi connectivity index (χ0v) is 21.3. The average molecular weight is 502 g/mol. The van der Waals surface area contributed by atoms with Crippen molar-refractivity contribution in [3.8, 4) is 17.1 Å². The van der Waals surface area contributed by atoms with Crippen molar-refractivity contribution in [2.24, 2.45) is 0 Å². The minimum Gasteiger partial charge on any atom is -0.494 e. The van der Waals surface area contributed by atoms with Crippen LogP contribution in [0.3, 0.4) is 0 Å². The van der Waals surface area contributed by atoms with Crippen molar-refractivity contribution >= 4 is 28.9 Å². The molecule has 4 aromatic rings. The van der Waals surface area contributed by atoms with Crippen molar-refractivity contribution in [3.63, 3.8) is 0 Å². The van der Waals surface area contributed by atoms with Gasteiger partial charge >= 0.3 is 0 Å². The molecule has 0 saturated heterocycles. The van der Waals surface area contributed by atoms with Crippen LogP contribution in [0.4, 0.5) is 27.4 Å². The Balaban J connectivity index is 1.69. The second-order valence-electron chi connectivity index (χ2n) is 9.24. The number of ether oxygens (including phenoxy) is 1. The van der Waals surface area contributed by atoms with Crippen LogP contribution in [0.2, 0.25) is 0 Å². The average Bonchev–Trinajstić information content (AvgIpc) is 2.88. The van der Waals surface area contributed by atoms with Crippen LogP contribution in [0.1, 0.15) is 36.7 Å². The number of carbonyl (C=O) groups excluding carboxylic acids is 1. The molecule has 0 aliphatic carbocycles. The Hall–Kier alpha value is -4.60. The van der Waals surface area contributed by atoms with E-state index in [2.05, 4.69) is 56.7 Å². The summed E-state index contributed by atoms with van der Waals surface area (Å²) >= 11 is 0. The zero-order chi connectivity index (χ0) is 26.6. The maximum absolute atomic E-state index is 13.3. The summed E-state index contributed by atoms with van der Waals surface area (Å²) in [6, 6.07) is 11.0. The van der Waals surface area contributed by atoms with Gasteiger partial charge in [0.15, 0.2) is 17.4 Å². The molecular weight excluding hydrogens is 473 g/mol. The van der Waals surface area contributed by atoms with Crippen LogP contribution in [-0.4, -0.2) is 40.0 Å². The Bertz CT molecular complexity index is 1400. The third-order valence-corrected chi connectivity index (χ3v) is 5.61. The van der Waals surface area contributed by atoms with Gasteiger partial charge in [-0.3, -0.25) is 4.79 Å². The minimum atomic E-state index is -0.536. The van der Waals surface area contributed by atoms with Crippen LogP contribution in [0.5, 0.6) is 5.75 Å². The number of nitrogens with one attached hydrogen (secondary N) is 3. The number of anilines is 4. The molecule has 0 atom stereocenters. The summed E-state index contributed by atoms with van der Waals surface area (Å²) in [5.74, 6) is 0.992. The number of hydrogen-bond donors (Lipinski definition) is 3. The molecule has 0 bridgehead atoms. The fourth-order valence-corrected chi connectivity index (χ4v) is 3.61. The van der Waals surface area contributed by atoms with Gasteiger partial charge in [-0.25, -0.2) is 24.3 Å². The molecule has 3 heterocycles. The summed E-state index contributed by atoms with van der Waals surface area (Å²) in [5.41, 5.74) is 3.03. The highest BCUT2D eigenvalue weighted by atomic mass is 19.1. The SMILES string of the molecule is CNC(=O)c1cnc(Nc2ccc(C(C)(C)C)cn2)cc1Nc1cccc(-c2ncc(F)cn2)c1OC. The molecule has 37 heavy (non-hydrogen) atoms. The molecule has 0 saturated carbocycles. The number of pyridine rings is 2. The molecule has 10 heteroatoms. The van der Waals surface area contributed by atoms with Gasteiger partial charge < -0.3 is 20.7 Å². The van der Waals surface area contributed by atoms with Crippen molar-refractivity contribution in [2.45, 2.75) is 26.2 Å². The van der Waals surface area contributed by atoms with Gasteiger partial charge in [0.2, 0.25) is 0 Å². The Labute approximate surface area is 214 Å². The molecule has 1 amide bonds. The first-order valence-electron chi connectivity index (χ1n) is 11.6. The van der Waals surface area contributed by atoms with E-state index in [9.17, 15) is 9.18 Å². The van der Waals surface area contributed by atoms with E-state index in [1.54, 1.807) is 31.3 Å². The summed E-state index contributed by atoms with van der Waals surface area (Å²) in [5, 5.41) is 9.08. The number of nitrogens with zero attached hydrogens (tertiary/aromatic N) is 4. The second kappa shape index (κ2) is 10.6. The number of benzene rings is 1. The van der Waals surface area contributed by atoms with E-state index >= 15 is 0 Å². The van der Waals surface area contributed by atoms with Gasteiger partial charge in [0.1, 0.15) is 11.6 Å². The summed E-state index contributed by atoms with van der Waals surface area (Å²) in [6.45, 7) is 6.37. The van der Waals surface area contributed by atoms with Crippen molar-refractivity contribution in [1.29, 1.82) is 0 Å². The Morgan fingerprint density at radius 3 is 2.24 bits per heavy atom. The van der Waals surface area contributed by atoms with Crippen molar-refractivity contribution in [1.82, 2.24) is 25.3 Å². The number of aromatic nitrogens is 4. The lowest BCUT2D eigenvalue weighted by Crippen LogP contribution is -2.19. The highest BCUT2D eigenvalue weighted by Crippen LogP contribution is 2.37. The van der Waals surface area contributed by atoms with Crippen LogP contribution in [0.15, 0.2) is 61.2 Å². The first-order chi connectivity index (χ1) is 17.7. The van der Waals surface area contributed by atoms with Crippen molar-refractivity contribution in [3.05, 3.63) is 78.1 Å². The van der Waals surface area contributed by atoms with E-state index in [1.165, 1.54) is 13.3 Å². The molecule has 3 aromatic heterocycles. The highest BCUT2D eigenvalue weighted by molar-refractivity contribution is 6.00. The van der Waals surface area contributed by atoms with Crippen LogP contribution < -0.4 is 20.7 Å². The van der Waals surface area contributed by atoms with E-state index < -0.39 is 5.82 Å². The first-order valence-corrected chi connectivity index (χ1v) is 11.6. The maximum Gasteiger partial charge on any atom is 0.254 e. The number of methoxy groups -OCH3 is 1. The van der Waals surface area contributed by atoms with Gasteiger partial charge in [0, 0.05) is 25.5 Å². The smallest absolute Gasteiger partial charge is 0.254 e. The third kappa shape index (κ3) is 5.80. The summed E-state index contributed by atoms with van der Waals surface area (Å²) in [6.07, 6.45) is 5.49. The van der Waals surface area contributed by atoms with Crippen LogP contribution in [0, 0.1) is 5.82 Å². The largest absolute Gasteiger partial charge is 0.494 e. The van der Waals surface area contributed by atoms with Crippen LogP contribution in [-0.2, 0) is 5.41 Å². The lowest BCUT2D eigenvalue weighted by molar-refractivity contribution is 0.0963. The highest BCUT2D eigenvalue weighted by Gasteiger charge is 2.18. The van der Waals surface area contributed by atoms with Crippen molar-refractivity contribution in [2.75, 3.05) is 24.8 Å². The molecule has 0 fully saturated rings. The minimum absolute atomic E-state index is 0.0113. The van der Waals surface area contributed by atoms with Crippen LogP contribution in [0.25, 0.3) is 11.4 Å². The molecular formula is C27H28FN7O2. The lowest BCUT2D eigenvalue weighted by atomic mass is 9.88. The molecule has 0 radical (unpaired) electrons. The molecule has 190 valence electrons. The van der Waals surface area contributed by atoms with E-state index in [0.29, 0.717) is 45.7 Å². The van der Waals surface area contributed by atoms with Gasteiger partial charge in [0.05, 0.1) is 42.0 Å². The van der Waals surface area contributed by atoms with Gasteiger partial charge in [-0.15, -0.1) is 0 Å². The number of para-hydroxylation sites is 1. The van der Waals surface area contributed by atoms with E-state index in [4.69, 9.17) is 4.74 Å². The van der Waals surface area contributed by atoms with Gasteiger partial charge in [0.25, 0.3) is 5.91 Å². The fraction of sp³-hybridized carbons (Fsp3) is 0.222. The molecule has 0 aliphatic heterocycles. The quantitative estimate of drug-likeness (QED) is 0.316. The predicted molar refractivity (Wildman–Crippen MR) is 141 cm³/mol. The molecule has 9 nitrogen and oxygen atoms in total. The van der Waals surface area contributed by atoms with E-state index in [-0.39, 0.29) is 11.3 Å². The van der Waals surface area contributed by atoms with Gasteiger partial charge in [-0.1, -0.05) is 32.9 Å². The number of amides is 1. The number of halogens is 1. The van der Waals surface area contributed by atoms with E-state index in [0.717, 1.165) is 18.0 Å². The Kier molecular flexibility index (Phi) is 7.28. The molecule has 0 aliphatic rings. The Morgan fingerprint density at radius 1 is 0.892 bits per heavy atom. The number of rotatable bonds is 7. The summed E-state index contributed by atoms with van der Waals surface area (Å²) in [7, 11) is 3.06. The number of hydrogen-bond acceptors (Lipinski definition) is 8. The first kappa shape index (κ1) is 25.5. The topological polar surface area (TPSA) is 114 Å². The predicted octanol–water partition coefficient (Wildman–Crippen LogP) is 5.23. The third-order valence-electron chi connectivity index (χ3n) is 5.61. The molecule has 0 spiro atoms. The Morgan fingerprint density at radius 2 is 1.62 bits per heavy atom. The fourth-order valence-electron chi connectivity index (χ4n) is 3.61. The lowest BCUT2D eigenvalue weighted by Gasteiger charge is -2.19. The standard InChI is InChI=1S/C27H28FN7O2/c1-27(2,3)16-9-10-22(30-12-16)35-23-11-21(19(15-31-23)26(36)29-4)34-20-8-6-7-18(24(20)37-5)25-32-13-17(28)14-33-25/h6-15H,1-5H3,(H,29,36)(H2,30,31,34,35). The van der Waals surface area contributed by atoms with Crippen molar-refractivity contribution < 1.29 is 13.9 Å². The van der Waals surface area contributed by atoms with Gasteiger partial charge in [-0.05, 0) is 29.2 Å². The molecule has 4 rings (SSSR count). The number of carbonyl (C=O) groups is 1. The zero-order valence-electron chi connectivity index (χ0n) is 21.3. The monoisotopic (exact) mass is 501 g/mol. The van der Waals surface area contributed by atoms with Crippen LogP contribution >= 0.6 is 0 Å². The molecule has 0 unspecified atom stereocenters. The summed E-state index contributed by atoms with van der Waals surface area (Å²) in [4.78, 5) is 29.6. The second-order valence-corrected chi connectivity index (χ2v) is 9.24.